The van der Waals surface area contributed by atoms with Crippen LogP contribution in [0.4, 0.5) is 4.39 Å². The van der Waals surface area contributed by atoms with Gasteiger partial charge in [0.05, 0.1) is 23.5 Å². The Bertz CT molecular complexity index is 1050. The maximum absolute atomic E-state index is 13.9. The van der Waals surface area contributed by atoms with Crippen molar-refractivity contribution < 1.29 is 31.6 Å². The van der Waals surface area contributed by atoms with Crippen LogP contribution in [-0.4, -0.2) is 55.4 Å². The van der Waals surface area contributed by atoms with Crippen LogP contribution in [0, 0.1) is 5.82 Å². The summed E-state index contributed by atoms with van der Waals surface area (Å²) in [6, 6.07) is 9.16. The van der Waals surface area contributed by atoms with E-state index < -0.39 is 33.6 Å². The Hall–Kier alpha value is -2.68. The quantitative estimate of drug-likeness (QED) is 0.573. The van der Waals surface area contributed by atoms with Crippen molar-refractivity contribution in [2.75, 3.05) is 18.1 Å². The van der Waals surface area contributed by atoms with Gasteiger partial charge in [0.1, 0.15) is 17.3 Å². The van der Waals surface area contributed by atoms with Crippen LogP contribution in [0.5, 0.6) is 0 Å². The highest BCUT2D eigenvalue weighted by Gasteiger charge is 2.36. The number of likely N-dealkylation sites (N-methyl/N-ethyl adjacent to an activating group) is 1. The molecule has 1 aromatic heterocycles. The lowest BCUT2D eigenvalue weighted by molar-refractivity contribution is -0.160. The molecule has 1 amide bonds. The SMILES string of the molecule is CCN(C(=O)C(C)OC(=O)CCc1ccc(-c2ccccc2F)o1)C1CCS(=O)(=O)C1. The van der Waals surface area contributed by atoms with E-state index in [-0.39, 0.29) is 30.4 Å². The van der Waals surface area contributed by atoms with Crippen LogP contribution in [0.15, 0.2) is 40.8 Å². The second kappa shape index (κ2) is 9.64. The van der Waals surface area contributed by atoms with Crippen molar-refractivity contribution in [1.82, 2.24) is 4.90 Å². The molecule has 31 heavy (non-hydrogen) atoms. The van der Waals surface area contributed by atoms with Gasteiger partial charge >= 0.3 is 5.97 Å². The largest absolute Gasteiger partial charge is 0.461 e. The van der Waals surface area contributed by atoms with Gasteiger partial charge in [0.2, 0.25) is 0 Å². The van der Waals surface area contributed by atoms with E-state index in [1.54, 1.807) is 37.3 Å². The Kier molecular flexibility index (Phi) is 7.15. The molecule has 168 valence electrons. The Labute approximate surface area is 181 Å². The third-order valence-corrected chi connectivity index (χ3v) is 7.06. The molecule has 1 aliphatic rings. The number of furan rings is 1. The van der Waals surface area contributed by atoms with E-state index >= 15 is 0 Å². The highest BCUT2D eigenvalue weighted by Crippen LogP contribution is 2.25. The first-order valence-electron chi connectivity index (χ1n) is 10.2. The second-order valence-corrected chi connectivity index (χ2v) is 9.79. The van der Waals surface area contributed by atoms with Gasteiger partial charge in [-0.3, -0.25) is 9.59 Å². The number of nitrogens with zero attached hydrogens (tertiary/aromatic N) is 1. The third-order valence-electron chi connectivity index (χ3n) is 5.31. The molecule has 2 aromatic rings. The summed E-state index contributed by atoms with van der Waals surface area (Å²) in [7, 11) is -3.13. The number of aryl methyl sites for hydroxylation is 1. The molecule has 7 nitrogen and oxygen atoms in total. The fraction of sp³-hybridized carbons (Fsp3) is 0.455. The molecule has 0 saturated carbocycles. The van der Waals surface area contributed by atoms with E-state index in [9.17, 15) is 22.4 Å². The number of rotatable bonds is 8. The lowest BCUT2D eigenvalue weighted by atomic mass is 10.1. The van der Waals surface area contributed by atoms with Gasteiger partial charge in [-0.25, -0.2) is 12.8 Å². The van der Waals surface area contributed by atoms with Crippen molar-refractivity contribution in [1.29, 1.82) is 0 Å². The second-order valence-electron chi connectivity index (χ2n) is 7.56. The van der Waals surface area contributed by atoms with Gasteiger partial charge in [-0.1, -0.05) is 12.1 Å². The molecule has 3 rings (SSSR count). The van der Waals surface area contributed by atoms with Crippen LogP contribution < -0.4 is 0 Å². The molecule has 2 unspecified atom stereocenters. The maximum atomic E-state index is 13.9. The van der Waals surface area contributed by atoms with Gasteiger partial charge in [-0.15, -0.1) is 0 Å². The van der Waals surface area contributed by atoms with Crippen molar-refractivity contribution in [2.24, 2.45) is 0 Å². The molecule has 0 N–H and O–H groups in total. The van der Waals surface area contributed by atoms with Gasteiger partial charge in [0, 0.05) is 19.0 Å². The van der Waals surface area contributed by atoms with Gasteiger partial charge in [0.25, 0.3) is 5.91 Å². The molecule has 0 spiro atoms. The monoisotopic (exact) mass is 451 g/mol. The molecule has 1 saturated heterocycles. The molecule has 0 bridgehead atoms. The van der Waals surface area contributed by atoms with Crippen molar-refractivity contribution in [2.45, 2.75) is 45.3 Å². The van der Waals surface area contributed by atoms with Gasteiger partial charge in [-0.2, -0.15) is 0 Å². The average Bonchev–Trinajstić information content (AvgIpc) is 3.33. The van der Waals surface area contributed by atoms with E-state index in [2.05, 4.69) is 0 Å². The minimum absolute atomic E-state index is 0.00816. The number of ether oxygens (including phenoxy) is 1. The third kappa shape index (κ3) is 5.72. The summed E-state index contributed by atoms with van der Waals surface area (Å²) in [6.45, 7) is 3.59. The lowest BCUT2D eigenvalue weighted by Gasteiger charge is -2.29. The minimum Gasteiger partial charge on any atom is -0.461 e. The number of carbonyl (C=O) groups is 2. The van der Waals surface area contributed by atoms with Crippen LogP contribution in [0.2, 0.25) is 0 Å². The van der Waals surface area contributed by atoms with Gasteiger partial charge in [-0.05, 0) is 44.5 Å². The van der Waals surface area contributed by atoms with E-state index in [1.807, 2.05) is 0 Å². The first kappa shape index (κ1) is 23.0. The smallest absolute Gasteiger partial charge is 0.307 e. The number of hydrogen-bond donors (Lipinski definition) is 0. The number of esters is 1. The Morgan fingerprint density at radius 2 is 2.00 bits per heavy atom. The molecule has 0 radical (unpaired) electrons. The van der Waals surface area contributed by atoms with Crippen LogP contribution in [0.3, 0.4) is 0 Å². The van der Waals surface area contributed by atoms with Crippen molar-refractivity contribution >= 4 is 21.7 Å². The molecule has 0 aliphatic carbocycles. The standard InChI is InChI=1S/C22H26FNO6S/c1-3-24(16-12-13-31(27,28)14-16)22(26)15(2)29-21(25)11-9-17-8-10-20(30-17)18-6-4-5-7-19(18)23/h4-8,10,15-16H,3,9,11-14H2,1-2H3. The van der Waals surface area contributed by atoms with Gasteiger partial charge in [0.15, 0.2) is 15.9 Å². The van der Waals surface area contributed by atoms with Crippen LogP contribution in [0.1, 0.15) is 32.4 Å². The minimum atomic E-state index is -3.13. The fourth-order valence-corrected chi connectivity index (χ4v) is 5.43. The Morgan fingerprint density at radius 3 is 2.65 bits per heavy atom. The molecular formula is C22H26FNO6S. The van der Waals surface area contributed by atoms with Gasteiger partial charge < -0.3 is 14.1 Å². The molecular weight excluding hydrogens is 425 g/mol. The summed E-state index contributed by atoms with van der Waals surface area (Å²) in [5.41, 5.74) is 0.337. The average molecular weight is 452 g/mol. The summed E-state index contributed by atoms with van der Waals surface area (Å²) in [5, 5.41) is 0. The lowest BCUT2D eigenvalue weighted by Crippen LogP contribution is -2.46. The number of hydrogen-bond acceptors (Lipinski definition) is 6. The molecule has 1 aromatic carbocycles. The van der Waals surface area contributed by atoms with E-state index in [1.165, 1.54) is 17.9 Å². The zero-order chi connectivity index (χ0) is 22.6. The molecule has 9 heteroatoms. The van der Waals surface area contributed by atoms with Crippen LogP contribution in [-0.2, 0) is 30.6 Å². The zero-order valence-corrected chi connectivity index (χ0v) is 18.4. The van der Waals surface area contributed by atoms with E-state index in [0.717, 1.165) is 0 Å². The number of benzene rings is 1. The maximum Gasteiger partial charge on any atom is 0.307 e. The normalized spacial score (nSPS) is 18.5. The summed E-state index contributed by atoms with van der Waals surface area (Å²) in [6.07, 6.45) is -0.384. The van der Waals surface area contributed by atoms with Crippen LogP contribution >= 0.6 is 0 Å². The van der Waals surface area contributed by atoms with E-state index in [4.69, 9.17) is 9.15 Å². The summed E-state index contributed by atoms with van der Waals surface area (Å²) >= 11 is 0. The number of amides is 1. The summed E-state index contributed by atoms with van der Waals surface area (Å²) in [4.78, 5) is 26.3. The molecule has 2 heterocycles. The molecule has 2 atom stereocenters. The highest BCUT2D eigenvalue weighted by atomic mass is 32.2. The Balaban J connectivity index is 1.52. The fourth-order valence-electron chi connectivity index (χ4n) is 3.70. The zero-order valence-electron chi connectivity index (χ0n) is 17.5. The predicted molar refractivity (Wildman–Crippen MR) is 112 cm³/mol. The highest BCUT2D eigenvalue weighted by molar-refractivity contribution is 7.91. The summed E-state index contributed by atoms with van der Waals surface area (Å²) in [5.74, 6) is -0.497. The number of carbonyl (C=O) groups excluding carboxylic acids is 2. The first-order chi connectivity index (χ1) is 14.7. The number of sulfone groups is 1. The van der Waals surface area contributed by atoms with E-state index in [0.29, 0.717) is 30.0 Å². The molecule has 1 fully saturated rings. The van der Waals surface area contributed by atoms with Crippen LogP contribution in [0.25, 0.3) is 11.3 Å². The van der Waals surface area contributed by atoms with Crippen molar-refractivity contribution in [3.05, 3.63) is 48.0 Å². The summed E-state index contributed by atoms with van der Waals surface area (Å²) < 4.78 is 48.2. The topological polar surface area (TPSA) is 93.9 Å². The van der Waals surface area contributed by atoms with Crippen molar-refractivity contribution in [3.63, 3.8) is 0 Å². The van der Waals surface area contributed by atoms with Crippen molar-refractivity contribution in [3.8, 4) is 11.3 Å². The molecule has 1 aliphatic heterocycles. The Morgan fingerprint density at radius 1 is 1.26 bits per heavy atom. The number of halogens is 1. The first-order valence-corrected chi connectivity index (χ1v) is 12.1. The predicted octanol–water partition coefficient (Wildman–Crippen LogP) is 2.99.